The topological polar surface area (TPSA) is 91.8 Å². The molecule has 3 rings (SSSR count). The quantitative estimate of drug-likeness (QED) is 0.659. The molecule has 0 saturated carbocycles. The molecule has 1 heterocycles. The van der Waals surface area contributed by atoms with Crippen molar-refractivity contribution in [2.24, 2.45) is 10.2 Å². The van der Waals surface area contributed by atoms with E-state index in [0.717, 1.165) is 0 Å². The molecule has 0 amide bonds. The Hall–Kier alpha value is -3.06. The lowest BCUT2D eigenvalue weighted by molar-refractivity contribution is 0.355. The largest absolute Gasteiger partial charge is 0.493 e. The van der Waals surface area contributed by atoms with Gasteiger partial charge < -0.3 is 9.47 Å². The van der Waals surface area contributed by atoms with Gasteiger partial charge >= 0.3 is 0 Å². The van der Waals surface area contributed by atoms with Crippen LogP contribution in [0.25, 0.3) is 11.3 Å². The highest BCUT2D eigenvalue weighted by atomic mass is 35.5. The highest BCUT2D eigenvalue weighted by molar-refractivity contribution is 6.30. The van der Waals surface area contributed by atoms with E-state index >= 15 is 0 Å². The van der Waals surface area contributed by atoms with E-state index in [9.17, 15) is 4.79 Å². The van der Waals surface area contributed by atoms with Gasteiger partial charge in [-0.25, -0.2) is 0 Å². The van der Waals surface area contributed by atoms with Crippen molar-refractivity contribution in [2.75, 3.05) is 14.2 Å². The minimum atomic E-state index is -0.379. The van der Waals surface area contributed by atoms with E-state index in [-0.39, 0.29) is 11.2 Å². The number of azo groups is 1. The van der Waals surface area contributed by atoms with Crippen LogP contribution in [-0.4, -0.2) is 24.4 Å². The Bertz CT molecular complexity index is 978. The number of hydrogen-bond acceptors (Lipinski definition) is 5. The molecule has 0 radical (unpaired) electrons. The second kappa shape index (κ2) is 7.23. The highest BCUT2D eigenvalue weighted by Crippen LogP contribution is 2.34. The van der Waals surface area contributed by atoms with Gasteiger partial charge in [-0.05, 0) is 36.4 Å². The predicted octanol–water partition coefficient (Wildman–Crippen LogP) is 4.46. The maximum Gasteiger partial charge on any atom is 0.292 e. The van der Waals surface area contributed by atoms with Gasteiger partial charge in [0.2, 0.25) is 0 Å². The van der Waals surface area contributed by atoms with E-state index in [1.807, 2.05) is 0 Å². The lowest BCUT2D eigenvalue weighted by Gasteiger charge is -2.08. The summed E-state index contributed by atoms with van der Waals surface area (Å²) in [6.07, 6.45) is 0. The summed E-state index contributed by atoms with van der Waals surface area (Å²) in [7, 11) is 3.10. The molecular weight excluding hydrogens is 344 g/mol. The molecule has 0 aliphatic carbocycles. The standard InChI is InChI=1S/C17H15ClN4O3/c1-24-13-7-6-10(8-14(13)25-2)15-16(17(23)22-20-15)21-19-12-5-3-4-11(18)9-12/h3-9H,1-2H3,(H2,20,22,23). The van der Waals surface area contributed by atoms with Crippen molar-refractivity contribution in [1.29, 1.82) is 0 Å². The number of H-pyrrole nitrogens is 2. The summed E-state index contributed by atoms with van der Waals surface area (Å²) >= 11 is 5.92. The number of methoxy groups -OCH3 is 2. The van der Waals surface area contributed by atoms with E-state index < -0.39 is 0 Å². The first-order valence-corrected chi connectivity index (χ1v) is 7.70. The zero-order valence-corrected chi connectivity index (χ0v) is 14.3. The van der Waals surface area contributed by atoms with Crippen LogP contribution in [0.15, 0.2) is 57.5 Å². The van der Waals surface area contributed by atoms with Gasteiger partial charge in [0.1, 0.15) is 0 Å². The number of ether oxygens (including phenoxy) is 2. The fourth-order valence-corrected chi connectivity index (χ4v) is 2.48. The van der Waals surface area contributed by atoms with Gasteiger partial charge in [0.05, 0.1) is 25.6 Å². The molecule has 0 spiro atoms. The molecule has 0 aliphatic rings. The molecule has 0 aliphatic heterocycles. The zero-order valence-electron chi connectivity index (χ0n) is 13.5. The summed E-state index contributed by atoms with van der Waals surface area (Å²) in [5, 5.41) is 14.0. The number of rotatable bonds is 5. The predicted molar refractivity (Wildman–Crippen MR) is 95.6 cm³/mol. The van der Waals surface area contributed by atoms with Crippen molar-refractivity contribution in [3.63, 3.8) is 0 Å². The Labute approximate surface area is 148 Å². The first-order chi connectivity index (χ1) is 12.1. The van der Waals surface area contributed by atoms with Crippen molar-refractivity contribution in [3.05, 3.63) is 57.8 Å². The number of nitrogens with one attached hydrogen (secondary N) is 2. The average Bonchev–Trinajstić information content (AvgIpc) is 3.00. The fraction of sp³-hybridized carbons (Fsp3) is 0.118. The summed E-state index contributed by atoms with van der Waals surface area (Å²) < 4.78 is 10.5. The van der Waals surface area contributed by atoms with Crippen molar-refractivity contribution in [3.8, 4) is 22.8 Å². The minimum Gasteiger partial charge on any atom is -0.493 e. The van der Waals surface area contributed by atoms with Crippen molar-refractivity contribution in [2.45, 2.75) is 0 Å². The molecule has 0 unspecified atom stereocenters. The number of aromatic amines is 2. The van der Waals surface area contributed by atoms with E-state index in [0.29, 0.717) is 33.5 Å². The summed E-state index contributed by atoms with van der Waals surface area (Å²) in [4.78, 5) is 12.1. The number of benzene rings is 2. The molecule has 25 heavy (non-hydrogen) atoms. The minimum absolute atomic E-state index is 0.159. The summed E-state index contributed by atoms with van der Waals surface area (Å²) in [6, 6.07) is 12.2. The smallest absolute Gasteiger partial charge is 0.292 e. The second-order valence-electron chi connectivity index (χ2n) is 5.05. The molecule has 128 valence electrons. The third-order valence-electron chi connectivity index (χ3n) is 3.50. The van der Waals surface area contributed by atoms with Gasteiger partial charge in [-0.2, -0.15) is 5.11 Å². The van der Waals surface area contributed by atoms with Crippen LogP contribution in [0.1, 0.15) is 0 Å². The molecule has 7 nitrogen and oxygen atoms in total. The molecular formula is C17H15ClN4O3. The van der Waals surface area contributed by atoms with Gasteiger partial charge in [-0.1, -0.05) is 17.7 Å². The maximum absolute atomic E-state index is 12.1. The van der Waals surface area contributed by atoms with Crippen LogP contribution >= 0.6 is 11.6 Å². The van der Waals surface area contributed by atoms with E-state index in [1.54, 1.807) is 56.7 Å². The number of hydrogen-bond donors (Lipinski definition) is 2. The van der Waals surface area contributed by atoms with Gasteiger partial charge in [-0.3, -0.25) is 15.0 Å². The van der Waals surface area contributed by atoms with Crippen molar-refractivity contribution < 1.29 is 9.47 Å². The van der Waals surface area contributed by atoms with Crippen LogP contribution in [0.3, 0.4) is 0 Å². The van der Waals surface area contributed by atoms with E-state index in [2.05, 4.69) is 20.4 Å². The lowest BCUT2D eigenvalue weighted by atomic mass is 10.1. The monoisotopic (exact) mass is 358 g/mol. The van der Waals surface area contributed by atoms with Gasteiger partial charge in [0, 0.05) is 10.6 Å². The van der Waals surface area contributed by atoms with E-state index in [1.165, 1.54) is 0 Å². The van der Waals surface area contributed by atoms with Gasteiger partial charge in [-0.15, -0.1) is 5.11 Å². The summed E-state index contributed by atoms with van der Waals surface area (Å²) in [5.74, 6) is 1.13. The van der Waals surface area contributed by atoms with Gasteiger partial charge in [0.25, 0.3) is 5.56 Å². The number of halogens is 1. The van der Waals surface area contributed by atoms with Crippen molar-refractivity contribution in [1.82, 2.24) is 10.2 Å². The summed E-state index contributed by atoms with van der Waals surface area (Å²) in [6.45, 7) is 0. The summed E-state index contributed by atoms with van der Waals surface area (Å²) in [5.41, 5.74) is 1.53. The molecule has 3 aromatic rings. The molecule has 1 aromatic heterocycles. The molecule has 0 fully saturated rings. The van der Waals surface area contributed by atoms with Crippen LogP contribution in [0.2, 0.25) is 5.02 Å². The van der Waals surface area contributed by atoms with Crippen molar-refractivity contribution >= 4 is 23.0 Å². The van der Waals surface area contributed by atoms with Crippen LogP contribution in [0, 0.1) is 0 Å². The van der Waals surface area contributed by atoms with E-state index in [4.69, 9.17) is 21.1 Å². The Balaban J connectivity index is 2.01. The number of aromatic nitrogens is 2. The molecule has 0 saturated heterocycles. The third kappa shape index (κ3) is 3.56. The second-order valence-corrected chi connectivity index (χ2v) is 5.49. The fourth-order valence-electron chi connectivity index (χ4n) is 2.29. The number of nitrogens with zero attached hydrogens (tertiary/aromatic N) is 2. The Morgan fingerprint density at radius 1 is 0.960 bits per heavy atom. The molecule has 0 bridgehead atoms. The Kier molecular flexibility index (Phi) is 4.85. The molecule has 2 N–H and O–H groups in total. The van der Waals surface area contributed by atoms with Crippen LogP contribution in [0.5, 0.6) is 11.5 Å². The lowest BCUT2D eigenvalue weighted by Crippen LogP contribution is -1.96. The SMILES string of the molecule is COc1ccc(-c2[nH][nH]c(=O)c2N=Nc2cccc(Cl)c2)cc1OC. The zero-order chi connectivity index (χ0) is 17.8. The molecule has 8 heteroatoms. The average molecular weight is 359 g/mol. The molecule has 0 atom stereocenters. The first kappa shape index (κ1) is 16.8. The normalized spacial score (nSPS) is 11.0. The van der Waals surface area contributed by atoms with Crippen LogP contribution < -0.4 is 15.0 Å². The first-order valence-electron chi connectivity index (χ1n) is 7.32. The Morgan fingerprint density at radius 3 is 2.48 bits per heavy atom. The maximum atomic E-state index is 12.1. The highest BCUT2D eigenvalue weighted by Gasteiger charge is 2.14. The van der Waals surface area contributed by atoms with Crippen LogP contribution in [0.4, 0.5) is 11.4 Å². The molecule has 2 aromatic carbocycles. The third-order valence-corrected chi connectivity index (χ3v) is 3.73. The van der Waals surface area contributed by atoms with Crippen LogP contribution in [-0.2, 0) is 0 Å². The Morgan fingerprint density at radius 2 is 1.76 bits per heavy atom. The van der Waals surface area contributed by atoms with Gasteiger partial charge in [0.15, 0.2) is 17.2 Å².